The molecule has 8 heteroatoms. The molecule has 0 heterocycles. The van der Waals surface area contributed by atoms with Gasteiger partial charge >= 0.3 is 0 Å². The zero-order chi connectivity index (χ0) is 7.11. The van der Waals surface area contributed by atoms with Crippen molar-refractivity contribution < 1.29 is 4.48 Å². The molecule has 0 aromatic heterocycles. The lowest BCUT2D eigenvalue weighted by molar-refractivity contribution is 0.0161. The van der Waals surface area contributed by atoms with Crippen LogP contribution in [0.25, 0.3) is 0 Å². The molecule has 9 heavy (non-hydrogen) atoms. The number of hydrogen-bond donors (Lipinski definition) is 1. The number of nitrogens with zero attached hydrogens (tertiary/aromatic N) is 6. The Morgan fingerprint density at radius 1 is 1.56 bits per heavy atom. The summed E-state index contributed by atoms with van der Waals surface area (Å²) >= 11 is 0. The lowest BCUT2D eigenvalue weighted by Crippen LogP contribution is -2.12. The van der Waals surface area contributed by atoms with E-state index in [1.165, 1.54) is 6.19 Å². The van der Waals surface area contributed by atoms with Crippen molar-refractivity contribution in [3.05, 3.63) is 0 Å². The number of rotatable bonds is 2. The zero-order valence-electron chi connectivity index (χ0n) is 4.14. The van der Waals surface area contributed by atoms with Crippen LogP contribution in [0, 0.1) is 11.5 Å². The minimum Gasteiger partial charge on any atom is -0.199 e. The molecule has 0 aromatic rings. The SMILES string of the molecule is N#C/N=N/N=N/N(N)F. The van der Waals surface area contributed by atoms with Crippen LogP contribution in [-0.4, -0.2) is 5.34 Å². The number of nitriles is 1. The van der Waals surface area contributed by atoms with Crippen LogP contribution in [0.15, 0.2) is 20.8 Å². The molecule has 0 aromatic carbocycles. The largest absolute Gasteiger partial charge is 0.227 e. The standard InChI is InChI=1S/CH2FN7/c2-9(4)8-7-6-5-1-3/h4H2/b6-5+,8-7+. The summed E-state index contributed by atoms with van der Waals surface area (Å²) in [6.07, 6.45) is 1.26. The maximum atomic E-state index is 11.3. The second kappa shape index (κ2) is 4.54. The Balaban J connectivity index is 3.50. The van der Waals surface area contributed by atoms with Crippen LogP contribution in [-0.2, 0) is 0 Å². The van der Waals surface area contributed by atoms with Gasteiger partial charge in [0.2, 0.25) is 6.19 Å². The van der Waals surface area contributed by atoms with Crippen molar-refractivity contribution in [3.8, 4) is 6.19 Å². The van der Waals surface area contributed by atoms with Gasteiger partial charge in [-0.2, -0.15) is 11.1 Å². The lowest BCUT2D eigenvalue weighted by Gasteiger charge is -1.87. The highest BCUT2D eigenvalue weighted by Crippen LogP contribution is 1.81. The van der Waals surface area contributed by atoms with Crippen molar-refractivity contribution in [3.63, 3.8) is 0 Å². The van der Waals surface area contributed by atoms with E-state index in [1.54, 1.807) is 0 Å². The number of hydrazine groups is 1. The van der Waals surface area contributed by atoms with Gasteiger partial charge in [-0.25, -0.2) is 0 Å². The van der Waals surface area contributed by atoms with Gasteiger partial charge in [0.1, 0.15) is 0 Å². The Morgan fingerprint density at radius 3 is 2.67 bits per heavy atom. The summed E-state index contributed by atoms with van der Waals surface area (Å²) in [5, 5.41) is 17.6. The van der Waals surface area contributed by atoms with Gasteiger partial charge in [0.25, 0.3) is 0 Å². The van der Waals surface area contributed by atoms with Crippen LogP contribution >= 0.6 is 0 Å². The van der Waals surface area contributed by atoms with Crippen LogP contribution in [0.3, 0.4) is 0 Å². The minimum absolute atomic E-state index is 0.559. The van der Waals surface area contributed by atoms with E-state index in [2.05, 4.69) is 26.6 Å². The molecule has 0 aliphatic rings. The van der Waals surface area contributed by atoms with Gasteiger partial charge in [-0.1, -0.05) is 4.48 Å². The zero-order valence-corrected chi connectivity index (χ0v) is 4.14. The molecule has 0 amide bonds. The molecular weight excluding hydrogens is 129 g/mol. The monoisotopic (exact) mass is 131 g/mol. The Kier molecular flexibility index (Phi) is 3.72. The summed E-state index contributed by atoms with van der Waals surface area (Å²) in [4.78, 5) is 0. The Hall–Kier alpha value is -1.62. The van der Waals surface area contributed by atoms with Gasteiger partial charge in [0, 0.05) is 0 Å². The summed E-state index contributed by atoms with van der Waals surface area (Å²) in [6.45, 7) is 0. The molecule has 0 atom stereocenters. The normalized spacial score (nSPS) is 10.3. The highest BCUT2D eigenvalue weighted by atomic mass is 19.2. The second-order valence-electron chi connectivity index (χ2n) is 0.757. The molecule has 0 radical (unpaired) electrons. The van der Waals surface area contributed by atoms with Crippen LogP contribution in [0.5, 0.6) is 0 Å². The van der Waals surface area contributed by atoms with E-state index in [-0.39, 0.29) is 0 Å². The molecule has 0 aliphatic heterocycles. The number of nitrogens with two attached hydrogens (primary N) is 1. The molecule has 0 saturated heterocycles. The third kappa shape index (κ3) is 6.38. The van der Waals surface area contributed by atoms with Gasteiger partial charge in [-0.3, -0.25) is 0 Å². The molecular formula is CH2FN7. The van der Waals surface area contributed by atoms with Crippen molar-refractivity contribution in [2.75, 3.05) is 0 Å². The molecule has 7 nitrogen and oxygen atoms in total. The average molecular weight is 131 g/mol. The fourth-order valence-corrected chi connectivity index (χ4v) is 0.0961. The van der Waals surface area contributed by atoms with Crippen LogP contribution in [0.2, 0.25) is 0 Å². The molecule has 0 unspecified atom stereocenters. The predicted octanol–water partition coefficient (Wildman–Crippen LogP) is 0.262. The Morgan fingerprint density at radius 2 is 2.22 bits per heavy atom. The van der Waals surface area contributed by atoms with E-state index in [1.807, 2.05) is 0 Å². The van der Waals surface area contributed by atoms with Crippen molar-refractivity contribution in [1.29, 1.82) is 5.26 Å². The summed E-state index contributed by atoms with van der Waals surface area (Å²) < 4.78 is 11.3. The molecule has 0 rings (SSSR count). The first-order valence-corrected chi connectivity index (χ1v) is 1.67. The summed E-state index contributed by atoms with van der Waals surface area (Å²) in [6, 6.07) is 0. The van der Waals surface area contributed by atoms with Crippen molar-refractivity contribution in [1.82, 2.24) is 5.34 Å². The first-order valence-electron chi connectivity index (χ1n) is 1.67. The van der Waals surface area contributed by atoms with E-state index < -0.39 is 5.34 Å². The minimum atomic E-state index is -0.559. The highest BCUT2D eigenvalue weighted by Gasteiger charge is 1.79. The van der Waals surface area contributed by atoms with E-state index in [4.69, 9.17) is 5.26 Å². The Bertz CT molecular complexity index is 151. The predicted molar refractivity (Wildman–Crippen MR) is 22.5 cm³/mol. The number of halogens is 1. The third-order valence-electron chi connectivity index (χ3n) is 0.255. The van der Waals surface area contributed by atoms with Crippen LogP contribution < -0.4 is 5.84 Å². The maximum Gasteiger partial charge on any atom is 0.227 e. The van der Waals surface area contributed by atoms with E-state index in [0.717, 1.165) is 0 Å². The smallest absolute Gasteiger partial charge is 0.199 e. The summed E-state index contributed by atoms with van der Waals surface area (Å²) in [7, 11) is 0. The fourth-order valence-electron chi connectivity index (χ4n) is 0.0961. The molecule has 0 fully saturated rings. The van der Waals surface area contributed by atoms with Crippen molar-refractivity contribution in [2.45, 2.75) is 0 Å². The van der Waals surface area contributed by atoms with Crippen LogP contribution in [0.4, 0.5) is 4.48 Å². The Labute approximate surface area is 49.1 Å². The molecule has 0 saturated carbocycles. The highest BCUT2D eigenvalue weighted by molar-refractivity contribution is 4.56. The summed E-state index contributed by atoms with van der Waals surface area (Å²) in [5.41, 5.74) is 0. The lowest BCUT2D eigenvalue weighted by atomic mass is 11.5. The summed E-state index contributed by atoms with van der Waals surface area (Å²) in [5.74, 6) is 4.30. The van der Waals surface area contributed by atoms with Gasteiger partial charge in [-0.15, -0.1) is 0 Å². The molecule has 0 bridgehead atoms. The van der Waals surface area contributed by atoms with Gasteiger partial charge in [0.15, 0.2) is 0 Å². The molecule has 0 spiro atoms. The quantitative estimate of drug-likeness (QED) is 0.191. The van der Waals surface area contributed by atoms with Gasteiger partial charge < -0.3 is 0 Å². The fraction of sp³-hybridized carbons (Fsp3) is 0. The topological polar surface area (TPSA) is 102 Å². The third-order valence-corrected chi connectivity index (χ3v) is 0.255. The average Bonchev–Trinajstić information content (AvgIpc) is 1.80. The first-order chi connectivity index (χ1) is 4.27. The van der Waals surface area contributed by atoms with E-state index >= 15 is 0 Å². The molecule has 2 N–H and O–H groups in total. The second-order valence-corrected chi connectivity index (χ2v) is 0.757. The maximum absolute atomic E-state index is 11.3. The first kappa shape index (κ1) is 7.38. The van der Waals surface area contributed by atoms with Crippen molar-refractivity contribution >= 4 is 0 Å². The van der Waals surface area contributed by atoms with Crippen LogP contribution in [0.1, 0.15) is 0 Å². The van der Waals surface area contributed by atoms with Gasteiger partial charge in [-0.05, 0) is 26.1 Å². The number of hydrogen-bond acceptors (Lipinski definition) is 4. The van der Waals surface area contributed by atoms with Crippen molar-refractivity contribution in [2.24, 2.45) is 26.6 Å². The molecule has 48 valence electrons. The molecule has 0 aliphatic carbocycles. The van der Waals surface area contributed by atoms with Gasteiger partial charge in [0.05, 0.1) is 0 Å². The van der Waals surface area contributed by atoms with E-state index in [0.29, 0.717) is 0 Å². The van der Waals surface area contributed by atoms with E-state index in [9.17, 15) is 4.48 Å².